The van der Waals surface area contributed by atoms with E-state index in [1.807, 2.05) is 0 Å². The van der Waals surface area contributed by atoms with Crippen LogP contribution in [0.3, 0.4) is 0 Å². The summed E-state index contributed by atoms with van der Waals surface area (Å²) >= 11 is 1.34. The van der Waals surface area contributed by atoms with E-state index in [-0.39, 0.29) is 56.9 Å². The minimum atomic E-state index is -1.82. The van der Waals surface area contributed by atoms with Crippen molar-refractivity contribution in [2.75, 3.05) is 31.8 Å². The van der Waals surface area contributed by atoms with Crippen molar-refractivity contribution in [1.82, 2.24) is 42.5 Å². The van der Waals surface area contributed by atoms with Gasteiger partial charge in [0.05, 0.1) is 19.3 Å². The number of hydrogen-bond acceptors (Lipinski definition) is 16. The van der Waals surface area contributed by atoms with E-state index in [0.29, 0.717) is 11.3 Å². The predicted octanol–water partition coefficient (Wildman–Crippen LogP) is -4.26. The van der Waals surface area contributed by atoms with Crippen molar-refractivity contribution in [3.63, 3.8) is 0 Å². The van der Waals surface area contributed by atoms with Gasteiger partial charge >= 0.3 is 17.9 Å². The predicted molar refractivity (Wildman–Crippen MR) is 276 cm³/mol. The van der Waals surface area contributed by atoms with E-state index in [2.05, 4.69) is 47.5 Å². The van der Waals surface area contributed by atoms with E-state index < -0.39 is 158 Å². The highest BCUT2D eigenvalue weighted by molar-refractivity contribution is 7.98. The molecule has 0 saturated carbocycles. The molecule has 0 heterocycles. The van der Waals surface area contributed by atoms with Gasteiger partial charge in [-0.2, -0.15) is 11.8 Å². The second-order valence-corrected chi connectivity index (χ2v) is 19.4. The van der Waals surface area contributed by atoms with Crippen LogP contribution in [0, 0.1) is 11.8 Å². The number of aliphatic hydroxyl groups is 2. The maximum absolute atomic E-state index is 14.1. The van der Waals surface area contributed by atoms with E-state index >= 15 is 0 Å². The zero-order chi connectivity index (χ0) is 57.7. The van der Waals surface area contributed by atoms with Crippen LogP contribution < -0.4 is 59.7 Å². The molecule has 8 amide bonds. The molecular formula is C47H76N12O16S. The molecule has 0 aliphatic carbocycles. The Bertz CT molecular complexity index is 2150. The number of carbonyl (C=O) groups excluding carboxylic acids is 8. The molecule has 1 aromatic carbocycles. The lowest BCUT2D eigenvalue weighted by atomic mass is 9.99. The molecular weight excluding hydrogens is 1020 g/mol. The molecule has 0 fully saturated rings. The fourth-order valence-electron chi connectivity index (χ4n) is 7.05. The minimum absolute atomic E-state index is 0.0135. The number of aliphatic carboxylic acids is 3. The summed E-state index contributed by atoms with van der Waals surface area (Å²) in [7, 11) is 0. The van der Waals surface area contributed by atoms with Crippen LogP contribution in [0.5, 0.6) is 0 Å². The van der Waals surface area contributed by atoms with Crippen LogP contribution >= 0.6 is 11.8 Å². The summed E-state index contributed by atoms with van der Waals surface area (Å²) in [6.07, 6.45) is -0.390. The quantitative estimate of drug-likeness (QED) is 0.0170. The molecule has 28 nitrogen and oxygen atoms in total. The standard InChI is InChI=1S/C47H76N12O16S/c1-24(2)20-31(55-38(66)27(48)13-15-35(62)63)42(70)59-37(25(3)4)45(73)58-34(23-61)44(72)53-29(14-16-36(64)65)40(68)56-32(21-26-10-7-6-8-11-26)41(69)57-33(22-60)43(71)52-28(12-9-18-51-47(49)50)39(67)54-30(46(74)75)17-19-76-5/h6-8,10-11,24-25,27-34,37,60-61H,9,12-23,48H2,1-5H3,(H,52,71)(H,53,72)(H,54,67)(H,55,66)(H,56,68)(H,57,69)(H,58,73)(H,59,70)(H,62,63)(H,64,65)(H,74,75)(H4,49,50,51)/t27-,28-,29-,30-,31-,32-,33-,34-,37-/m0/s1. The van der Waals surface area contributed by atoms with Crippen LogP contribution in [-0.2, 0) is 59.2 Å². The maximum atomic E-state index is 14.1. The normalized spacial score (nSPS) is 14.6. The zero-order valence-corrected chi connectivity index (χ0v) is 44.1. The zero-order valence-electron chi connectivity index (χ0n) is 43.2. The van der Waals surface area contributed by atoms with Gasteiger partial charge in [0.25, 0.3) is 0 Å². The summed E-state index contributed by atoms with van der Waals surface area (Å²) in [5.41, 5.74) is 17.1. The number of amides is 8. The number of aliphatic imine (C=N–C) groups is 1. The van der Waals surface area contributed by atoms with Crippen LogP contribution in [0.1, 0.15) is 84.6 Å². The molecule has 19 N–H and O–H groups in total. The van der Waals surface area contributed by atoms with E-state index in [0.717, 1.165) is 0 Å². The van der Waals surface area contributed by atoms with Gasteiger partial charge in [-0.3, -0.25) is 52.9 Å². The third-order valence-electron chi connectivity index (χ3n) is 11.2. The van der Waals surface area contributed by atoms with Gasteiger partial charge in [0.2, 0.25) is 47.3 Å². The summed E-state index contributed by atoms with van der Waals surface area (Å²) in [5.74, 6) is -12.7. The topological polar surface area (TPSA) is 476 Å². The van der Waals surface area contributed by atoms with Gasteiger partial charge in [-0.05, 0) is 67.9 Å². The number of guanidine groups is 1. The summed E-state index contributed by atoms with van der Waals surface area (Å²) < 4.78 is 0. The SMILES string of the molecule is CSCC[C@H](NC(=O)[C@H](CCCN=C(N)N)NC(=O)[C@H](CO)NC(=O)[C@H](Cc1ccccc1)NC(=O)[C@H](CCC(=O)O)NC(=O)[C@H](CO)NC(=O)[C@@H](NC(=O)[C@H](CC(C)C)NC(=O)[C@@H](N)CCC(=O)O)C(C)C)C(=O)O. The molecule has 0 radical (unpaired) electrons. The summed E-state index contributed by atoms with van der Waals surface area (Å²) in [5, 5.41) is 68.0. The monoisotopic (exact) mass is 1100 g/mol. The highest BCUT2D eigenvalue weighted by Crippen LogP contribution is 2.12. The van der Waals surface area contributed by atoms with Gasteiger partial charge in [-0.15, -0.1) is 0 Å². The molecule has 0 bridgehead atoms. The number of carboxylic acids is 3. The number of carbonyl (C=O) groups is 11. The maximum Gasteiger partial charge on any atom is 0.326 e. The van der Waals surface area contributed by atoms with Crippen molar-refractivity contribution < 1.29 is 78.3 Å². The van der Waals surface area contributed by atoms with Crippen molar-refractivity contribution in [3.8, 4) is 0 Å². The first-order valence-corrected chi connectivity index (χ1v) is 25.8. The van der Waals surface area contributed by atoms with Crippen molar-refractivity contribution in [2.45, 2.75) is 140 Å². The summed E-state index contributed by atoms with van der Waals surface area (Å²) in [4.78, 5) is 147. The Hall–Kier alpha value is -7.11. The van der Waals surface area contributed by atoms with Crippen LogP contribution in [0.4, 0.5) is 0 Å². The number of carboxylic acid groups (broad SMARTS) is 3. The number of rotatable bonds is 37. The average Bonchev–Trinajstić information content (AvgIpc) is 3.35. The fourth-order valence-corrected chi connectivity index (χ4v) is 7.52. The summed E-state index contributed by atoms with van der Waals surface area (Å²) in [6.45, 7) is 4.48. The van der Waals surface area contributed by atoms with Crippen molar-refractivity contribution in [3.05, 3.63) is 35.9 Å². The number of nitrogens with one attached hydrogen (secondary N) is 8. The minimum Gasteiger partial charge on any atom is -0.481 e. The van der Waals surface area contributed by atoms with Gasteiger partial charge in [-0.25, -0.2) is 4.79 Å². The van der Waals surface area contributed by atoms with E-state index in [1.165, 1.54) is 11.8 Å². The van der Waals surface area contributed by atoms with Crippen LogP contribution in [0.2, 0.25) is 0 Å². The van der Waals surface area contributed by atoms with Crippen LogP contribution in [-0.4, -0.2) is 183 Å². The highest BCUT2D eigenvalue weighted by Gasteiger charge is 2.36. The lowest BCUT2D eigenvalue weighted by molar-refractivity contribution is -0.142. The Morgan fingerprint density at radius 2 is 1.00 bits per heavy atom. The lowest BCUT2D eigenvalue weighted by Crippen LogP contribution is -2.62. The molecule has 1 aromatic rings. The molecule has 0 aromatic heterocycles. The number of aliphatic hydroxyl groups excluding tert-OH is 2. The van der Waals surface area contributed by atoms with Gasteiger partial charge in [0.15, 0.2) is 5.96 Å². The Balaban J connectivity index is 3.44. The number of benzene rings is 1. The van der Waals surface area contributed by atoms with Gasteiger partial charge in [-0.1, -0.05) is 58.0 Å². The van der Waals surface area contributed by atoms with Crippen LogP contribution in [0.15, 0.2) is 35.3 Å². The summed E-state index contributed by atoms with van der Waals surface area (Å²) in [6, 6.07) is -5.56. The largest absolute Gasteiger partial charge is 0.481 e. The third-order valence-corrected chi connectivity index (χ3v) is 11.9. The highest BCUT2D eigenvalue weighted by atomic mass is 32.2. The number of nitrogens with two attached hydrogens (primary N) is 3. The third kappa shape index (κ3) is 25.9. The Morgan fingerprint density at radius 1 is 0.553 bits per heavy atom. The van der Waals surface area contributed by atoms with Crippen molar-refractivity contribution in [1.29, 1.82) is 0 Å². The molecule has 0 unspecified atom stereocenters. The molecule has 0 aliphatic rings. The van der Waals surface area contributed by atoms with E-state index in [9.17, 15) is 73.2 Å². The molecule has 76 heavy (non-hydrogen) atoms. The second-order valence-electron chi connectivity index (χ2n) is 18.4. The second kappa shape index (κ2) is 35.2. The molecule has 29 heteroatoms. The van der Waals surface area contributed by atoms with Gasteiger partial charge in [0.1, 0.15) is 48.3 Å². The van der Waals surface area contributed by atoms with Crippen molar-refractivity contribution in [2.24, 2.45) is 34.0 Å². The molecule has 9 atom stereocenters. The first-order chi connectivity index (χ1) is 35.7. The number of nitrogens with zero attached hydrogens (tertiary/aromatic N) is 1. The molecule has 0 spiro atoms. The average molecular weight is 1100 g/mol. The number of hydrogen-bond donors (Lipinski definition) is 16. The molecule has 426 valence electrons. The molecule has 0 saturated heterocycles. The Morgan fingerprint density at radius 3 is 1.49 bits per heavy atom. The molecule has 0 aliphatic heterocycles. The Labute approximate surface area is 444 Å². The first-order valence-electron chi connectivity index (χ1n) is 24.4. The smallest absolute Gasteiger partial charge is 0.326 e. The fraction of sp³-hybridized carbons (Fsp3) is 0.617. The van der Waals surface area contributed by atoms with Gasteiger partial charge < -0.3 is 85.3 Å². The lowest BCUT2D eigenvalue weighted by Gasteiger charge is -2.28. The van der Waals surface area contributed by atoms with E-state index in [4.69, 9.17) is 22.3 Å². The molecule has 1 rings (SSSR count). The first kappa shape index (κ1) is 66.9. The van der Waals surface area contributed by atoms with Crippen LogP contribution in [0.25, 0.3) is 0 Å². The van der Waals surface area contributed by atoms with Crippen molar-refractivity contribution >= 4 is 82.9 Å². The number of thioether (sulfide) groups is 1. The van der Waals surface area contributed by atoms with E-state index in [1.54, 1.807) is 64.3 Å². The van der Waals surface area contributed by atoms with Gasteiger partial charge in [0, 0.05) is 25.8 Å². The Kier molecular flexibility index (Phi) is 31.0.